The minimum Gasteiger partial charge on any atom is -0.389 e. The third-order valence-corrected chi connectivity index (χ3v) is 2.96. The first-order valence-corrected chi connectivity index (χ1v) is 6.35. The Kier molecular flexibility index (Phi) is 5.35. The minimum atomic E-state index is -0.318. The molecule has 1 atom stereocenters. The highest BCUT2D eigenvalue weighted by atomic mass is 32.1. The van der Waals surface area contributed by atoms with Crippen LogP contribution in [0.15, 0.2) is 18.2 Å². The largest absolute Gasteiger partial charge is 0.389 e. The summed E-state index contributed by atoms with van der Waals surface area (Å²) in [5.74, 6) is -0.318. The number of halogens is 1. The van der Waals surface area contributed by atoms with Crippen LogP contribution in [0, 0.1) is 5.82 Å². The molecule has 0 spiro atoms. The predicted molar refractivity (Wildman–Crippen MR) is 74.9 cm³/mol. The number of rotatable bonds is 6. The third kappa shape index (κ3) is 3.97. The molecule has 0 aliphatic carbocycles. The van der Waals surface area contributed by atoms with Crippen LogP contribution in [0.2, 0.25) is 0 Å². The lowest BCUT2D eigenvalue weighted by atomic mass is 10.1. The second-order valence-electron chi connectivity index (χ2n) is 4.09. The molecule has 0 amide bonds. The van der Waals surface area contributed by atoms with Crippen LogP contribution in [0.3, 0.4) is 0 Å². The van der Waals surface area contributed by atoms with Gasteiger partial charge in [-0.1, -0.05) is 32.5 Å². The van der Waals surface area contributed by atoms with Crippen molar-refractivity contribution in [1.82, 2.24) is 0 Å². The minimum absolute atomic E-state index is 0.221. The van der Waals surface area contributed by atoms with Crippen molar-refractivity contribution in [3.05, 3.63) is 29.6 Å². The Morgan fingerprint density at radius 2 is 2.18 bits per heavy atom. The lowest BCUT2D eigenvalue weighted by molar-refractivity contribution is 0.618. The monoisotopic (exact) mass is 254 g/mol. The number of hydrogen-bond acceptors (Lipinski definition) is 2. The van der Waals surface area contributed by atoms with Crippen LogP contribution in [-0.4, -0.2) is 11.0 Å². The zero-order valence-electron chi connectivity index (χ0n) is 10.3. The summed E-state index contributed by atoms with van der Waals surface area (Å²) >= 11 is 4.93. The molecule has 0 aliphatic rings. The van der Waals surface area contributed by atoms with Gasteiger partial charge in [0.05, 0.1) is 0 Å². The molecule has 4 heteroatoms. The van der Waals surface area contributed by atoms with E-state index in [4.69, 9.17) is 18.0 Å². The van der Waals surface area contributed by atoms with Gasteiger partial charge in [0.1, 0.15) is 10.8 Å². The van der Waals surface area contributed by atoms with Crippen molar-refractivity contribution in [2.75, 3.05) is 5.32 Å². The molecule has 1 rings (SSSR count). The normalized spacial score (nSPS) is 12.2. The van der Waals surface area contributed by atoms with E-state index in [0.717, 1.165) is 24.9 Å². The molecule has 0 heterocycles. The number of anilines is 1. The Balaban J connectivity index is 2.92. The van der Waals surface area contributed by atoms with Crippen molar-refractivity contribution >= 4 is 22.9 Å². The molecule has 1 unspecified atom stereocenters. The number of nitrogens with two attached hydrogens (primary N) is 1. The van der Waals surface area contributed by atoms with Gasteiger partial charge in [0, 0.05) is 17.3 Å². The molecule has 3 N–H and O–H groups in total. The molecule has 0 radical (unpaired) electrons. The van der Waals surface area contributed by atoms with Gasteiger partial charge >= 0.3 is 0 Å². The lowest BCUT2D eigenvalue weighted by Gasteiger charge is -2.19. The molecule has 0 aliphatic heterocycles. The highest BCUT2D eigenvalue weighted by Crippen LogP contribution is 2.20. The molecule has 0 fully saturated rings. The number of hydrogen-bond donors (Lipinski definition) is 2. The quantitative estimate of drug-likeness (QED) is 0.764. The maximum Gasteiger partial charge on any atom is 0.124 e. The molecule has 0 bridgehead atoms. The number of benzene rings is 1. The van der Waals surface area contributed by atoms with Crippen LogP contribution in [0.25, 0.3) is 0 Å². The van der Waals surface area contributed by atoms with Gasteiger partial charge in [-0.05, 0) is 31.0 Å². The SMILES string of the molecule is CCCC(CC)Nc1ccc(F)cc1C(N)=S. The Bertz CT molecular complexity index is 393. The standard InChI is InChI=1S/C13H19FN2S/c1-3-5-10(4-2)16-12-7-6-9(14)8-11(12)13(15)17/h6-8,10,16H,3-5H2,1-2H3,(H2,15,17). The first-order valence-electron chi connectivity index (χ1n) is 5.94. The highest BCUT2D eigenvalue weighted by molar-refractivity contribution is 7.80. The van der Waals surface area contributed by atoms with E-state index in [2.05, 4.69) is 19.2 Å². The molecule has 1 aromatic rings. The van der Waals surface area contributed by atoms with Crippen LogP contribution in [0.1, 0.15) is 38.7 Å². The Hall–Kier alpha value is -1.16. The summed E-state index contributed by atoms with van der Waals surface area (Å²) in [6.07, 6.45) is 3.20. The summed E-state index contributed by atoms with van der Waals surface area (Å²) in [6, 6.07) is 4.87. The van der Waals surface area contributed by atoms with Gasteiger partial charge in [-0.15, -0.1) is 0 Å². The van der Waals surface area contributed by atoms with Crippen molar-refractivity contribution in [3.8, 4) is 0 Å². The van der Waals surface area contributed by atoms with E-state index in [-0.39, 0.29) is 10.8 Å². The molecule has 2 nitrogen and oxygen atoms in total. The van der Waals surface area contributed by atoms with E-state index in [1.165, 1.54) is 12.1 Å². The van der Waals surface area contributed by atoms with Gasteiger partial charge in [0.25, 0.3) is 0 Å². The van der Waals surface area contributed by atoms with E-state index < -0.39 is 0 Å². The maximum absolute atomic E-state index is 13.1. The topological polar surface area (TPSA) is 38.0 Å². The molecular formula is C13H19FN2S. The molecule has 1 aromatic carbocycles. The molecule has 0 saturated heterocycles. The van der Waals surface area contributed by atoms with Crippen molar-refractivity contribution < 1.29 is 4.39 Å². The van der Waals surface area contributed by atoms with Gasteiger partial charge < -0.3 is 11.1 Å². The summed E-state index contributed by atoms with van der Waals surface area (Å²) in [5, 5.41) is 3.37. The Morgan fingerprint density at radius 3 is 2.71 bits per heavy atom. The average Bonchev–Trinajstić information content (AvgIpc) is 2.30. The van der Waals surface area contributed by atoms with Gasteiger partial charge in [-0.2, -0.15) is 0 Å². The Morgan fingerprint density at radius 1 is 1.47 bits per heavy atom. The van der Waals surface area contributed by atoms with Crippen molar-refractivity contribution in [2.24, 2.45) is 5.73 Å². The number of thiocarbonyl (C=S) groups is 1. The zero-order valence-corrected chi connectivity index (χ0v) is 11.1. The first-order chi connectivity index (χ1) is 8.08. The van der Waals surface area contributed by atoms with E-state index in [0.29, 0.717) is 11.6 Å². The summed E-state index contributed by atoms with van der Waals surface area (Å²) in [7, 11) is 0. The van der Waals surface area contributed by atoms with Gasteiger partial charge in [0.15, 0.2) is 0 Å². The average molecular weight is 254 g/mol. The van der Waals surface area contributed by atoms with E-state index in [1.807, 2.05) is 0 Å². The van der Waals surface area contributed by atoms with Gasteiger partial charge in [-0.3, -0.25) is 0 Å². The van der Waals surface area contributed by atoms with E-state index in [1.54, 1.807) is 6.07 Å². The zero-order chi connectivity index (χ0) is 12.8. The van der Waals surface area contributed by atoms with E-state index >= 15 is 0 Å². The molecule has 17 heavy (non-hydrogen) atoms. The van der Waals surface area contributed by atoms with Crippen LogP contribution >= 0.6 is 12.2 Å². The molecule has 0 aromatic heterocycles. The molecule has 0 saturated carbocycles. The lowest BCUT2D eigenvalue weighted by Crippen LogP contribution is -2.21. The van der Waals surface area contributed by atoms with Crippen LogP contribution < -0.4 is 11.1 Å². The fraction of sp³-hybridized carbons (Fsp3) is 0.462. The summed E-state index contributed by atoms with van der Waals surface area (Å²) in [4.78, 5) is 0.221. The molecular weight excluding hydrogens is 235 g/mol. The fourth-order valence-corrected chi connectivity index (χ4v) is 1.96. The second kappa shape index (κ2) is 6.55. The van der Waals surface area contributed by atoms with Crippen LogP contribution in [0.5, 0.6) is 0 Å². The maximum atomic E-state index is 13.1. The summed E-state index contributed by atoms with van der Waals surface area (Å²) in [6.45, 7) is 4.26. The summed E-state index contributed by atoms with van der Waals surface area (Å²) < 4.78 is 13.1. The van der Waals surface area contributed by atoms with Crippen LogP contribution in [-0.2, 0) is 0 Å². The van der Waals surface area contributed by atoms with Crippen LogP contribution in [0.4, 0.5) is 10.1 Å². The molecule has 94 valence electrons. The Labute approximate surface area is 107 Å². The van der Waals surface area contributed by atoms with Crippen molar-refractivity contribution in [2.45, 2.75) is 39.2 Å². The smallest absolute Gasteiger partial charge is 0.124 e. The van der Waals surface area contributed by atoms with Gasteiger partial charge in [0.2, 0.25) is 0 Å². The second-order valence-corrected chi connectivity index (χ2v) is 4.53. The summed E-state index contributed by atoms with van der Waals surface area (Å²) in [5.41, 5.74) is 7.00. The van der Waals surface area contributed by atoms with Crippen molar-refractivity contribution in [3.63, 3.8) is 0 Å². The third-order valence-electron chi connectivity index (χ3n) is 2.74. The van der Waals surface area contributed by atoms with Crippen molar-refractivity contribution in [1.29, 1.82) is 0 Å². The van der Waals surface area contributed by atoms with Gasteiger partial charge in [-0.25, -0.2) is 4.39 Å². The predicted octanol–water partition coefficient (Wildman–Crippen LogP) is 3.45. The van der Waals surface area contributed by atoms with E-state index in [9.17, 15) is 4.39 Å². The first kappa shape index (κ1) is 13.9. The highest BCUT2D eigenvalue weighted by Gasteiger charge is 2.10. The fourth-order valence-electron chi connectivity index (χ4n) is 1.79. The number of nitrogens with one attached hydrogen (secondary N) is 1.